The lowest BCUT2D eigenvalue weighted by molar-refractivity contribution is -0.114. The van der Waals surface area contributed by atoms with Gasteiger partial charge >= 0.3 is 0 Å². The van der Waals surface area contributed by atoms with Crippen molar-refractivity contribution in [1.29, 1.82) is 0 Å². The average Bonchev–Trinajstić information content (AvgIpc) is 3.24. The minimum Gasteiger partial charge on any atom is -0.366 e. The summed E-state index contributed by atoms with van der Waals surface area (Å²) in [6.07, 6.45) is 4.70. The van der Waals surface area contributed by atoms with Crippen molar-refractivity contribution in [3.8, 4) is 5.82 Å². The van der Waals surface area contributed by atoms with Crippen molar-refractivity contribution in [3.63, 3.8) is 0 Å². The smallest absolute Gasteiger partial charge is 0.274 e. The monoisotopic (exact) mass is 408 g/mol. The fraction of sp³-hybridized carbons (Fsp3) is 0.238. The molecule has 2 amide bonds. The van der Waals surface area contributed by atoms with Crippen molar-refractivity contribution in [3.05, 3.63) is 66.6 Å². The van der Waals surface area contributed by atoms with Gasteiger partial charge in [0.2, 0.25) is 5.91 Å². The highest BCUT2D eigenvalue weighted by atomic mass is 19.1. The SMILES string of the molecule is CC(=O)Nc1ccc(-n2cnc(C(=O)N3CCN(c4ccccc4F)CC3)c2)nc1. The largest absolute Gasteiger partial charge is 0.366 e. The average molecular weight is 408 g/mol. The molecule has 0 spiro atoms. The van der Waals surface area contributed by atoms with Crippen molar-refractivity contribution in [2.75, 3.05) is 36.4 Å². The van der Waals surface area contributed by atoms with E-state index in [4.69, 9.17) is 0 Å². The summed E-state index contributed by atoms with van der Waals surface area (Å²) in [5.41, 5.74) is 1.47. The third-order valence-electron chi connectivity index (χ3n) is 4.89. The molecule has 1 aliphatic heterocycles. The Morgan fingerprint density at radius 2 is 1.80 bits per heavy atom. The summed E-state index contributed by atoms with van der Waals surface area (Å²) in [6, 6.07) is 10.1. The maximum Gasteiger partial charge on any atom is 0.274 e. The van der Waals surface area contributed by atoms with Gasteiger partial charge in [0.25, 0.3) is 5.91 Å². The van der Waals surface area contributed by atoms with E-state index >= 15 is 0 Å². The van der Waals surface area contributed by atoms with Gasteiger partial charge in [0.05, 0.1) is 17.6 Å². The molecule has 3 aromatic rings. The highest BCUT2D eigenvalue weighted by Gasteiger charge is 2.25. The maximum atomic E-state index is 14.0. The molecular formula is C21H21FN6O2. The zero-order valence-corrected chi connectivity index (χ0v) is 16.5. The Kier molecular flexibility index (Phi) is 5.42. The molecule has 154 valence electrons. The number of carbonyl (C=O) groups excluding carboxylic acids is 2. The number of imidazole rings is 1. The van der Waals surface area contributed by atoms with Gasteiger partial charge in [-0.15, -0.1) is 0 Å². The number of hydrogen-bond donors (Lipinski definition) is 1. The second-order valence-electron chi connectivity index (χ2n) is 6.98. The molecule has 9 heteroatoms. The van der Waals surface area contributed by atoms with Crippen LogP contribution in [-0.2, 0) is 4.79 Å². The number of halogens is 1. The van der Waals surface area contributed by atoms with Gasteiger partial charge in [0, 0.05) is 39.3 Å². The van der Waals surface area contributed by atoms with Crippen LogP contribution in [0.4, 0.5) is 15.8 Å². The molecule has 0 aliphatic carbocycles. The Morgan fingerprint density at radius 3 is 2.47 bits per heavy atom. The minimum absolute atomic E-state index is 0.170. The number of aromatic nitrogens is 3. The highest BCUT2D eigenvalue weighted by molar-refractivity contribution is 5.92. The summed E-state index contributed by atoms with van der Waals surface area (Å²) >= 11 is 0. The van der Waals surface area contributed by atoms with E-state index in [2.05, 4.69) is 15.3 Å². The quantitative estimate of drug-likeness (QED) is 0.716. The first-order chi connectivity index (χ1) is 14.5. The van der Waals surface area contributed by atoms with E-state index in [0.717, 1.165) is 0 Å². The summed E-state index contributed by atoms with van der Waals surface area (Å²) in [7, 11) is 0. The Bertz CT molecular complexity index is 1060. The third-order valence-corrected chi connectivity index (χ3v) is 4.89. The molecule has 30 heavy (non-hydrogen) atoms. The van der Waals surface area contributed by atoms with Crippen molar-refractivity contribution < 1.29 is 14.0 Å². The number of nitrogens with zero attached hydrogens (tertiary/aromatic N) is 5. The van der Waals surface area contributed by atoms with E-state index in [0.29, 0.717) is 49.1 Å². The number of para-hydroxylation sites is 1. The first-order valence-corrected chi connectivity index (χ1v) is 9.58. The molecule has 1 N–H and O–H groups in total. The van der Waals surface area contributed by atoms with Crippen LogP contribution in [0.3, 0.4) is 0 Å². The van der Waals surface area contributed by atoms with Crippen LogP contribution in [0.5, 0.6) is 0 Å². The first kappa shape index (κ1) is 19.6. The van der Waals surface area contributed by atoms with Gasteiger partial charge in [-0.3, -0.25) is 14.2 Å². The normalized spacial score (nSPS) is 13.9. The molecular weight excluding hydrogens is 387 g/mol. The number of rotatable bonds is 4. The Balaban J connectivity index is 1.40. The number of pyridine rings is 1. The van der Waals surface area contributed by atoms with Gasteiger partial charge in [0.1, 0.15) is 23.7 Å². The number of benzene rings is 1. The molecule has 0 unspecified atom stereocenters. The van der Waals surface area contributed by atoms with E-state index in [1.807, 2.05) is 4.90 Å². The molecule has 1 saturated heterocycles. The predicted octanol–water partition coefficient (Wildman–Crippen LogP) is 2.33. The number of nitrogens with one attached hydrogen (secondary N) is 1. The second-order valence-corrected chi connectivity index (χ2v) is 6.98. The standard InChI is InChI=1S/C21H21FN6O2/c1-15(29)25-16-6-7-20(23-12-16)28-13-18(24-14-28)21(30)27-10-8-26(9-11-27)19-5-3-2-4-17(19)22/h2-7,12-14H,8-11H2,1H3,(H,25,29). The summed E-state index contributed by atoms with van der Waals surface area (Å²) in [6.45, 7) is 3.52. The molecule has 0 radical (unpaired) electrons. The summed E-state index contributed by atoms with van der Waals surface area (Å²) in [4.78, 5) is 36.1. The van der Waals surface area contributed by atoms with Crippen molar-refractivity contribution >= 4 is 23.2 Å². The molecule has 8 nitrogen and oxygen atoms in total. The Hall–Kier alpha value is -3.75. The fourth-order valence-electron chi connectivity index (χ4n) is 3.40. The maximum absolute atomic E-state index is 14.0. The molecule has 3 heterocycles. The van der Waals surface area contributed by atoms with Crippen LogP contribution in [0.15, 0.2) is 55.1 Å². The van der Waals surface area contributed by atoms with Crippen LogP contribution < -0.4 is 10.2 Å². The molecule has 0 saturated carbocycles. The van der Waals surface area contributed by atoms with Crippen LogP contribution in [0, 0.1) is 5.82 Å². The van der Waals surface area contributed by atoms with Gasteiger partial charge < -0.3 is 15.1 Å². The van der Waals surface area contributed by atoms with Gasteiger partial charge in [-0.25, -0.2) is 14.4 Å². The Labute approximate surface area is 173 Å². The third kappa shape index (κ3) is 4.14. The summed E-state index contributed by atoms with van der Waals surface area (Å²) < 4.78 is 15.6. The van der Waals surface area contributed by atoms with E-state index in [1.54, 1.807) is 52.2 Å². The lowest BCUT2D eigenvalue weighted by Crippen LogP contribution is -2.49. The van der Waals surface area contributed by atoms with Gasteiger partial charge in [-0.2, -0.15) is 0 Å². The number of amides is 2. The van der Waals surface area contributed by atoms with E-state index in [9.17, 15) is 14.0 Å². The number of carbonyl (C=O) groups is 2. The summed E-state index contributed by atoms with van der Waals surface area (Å²) in [5, 5.41) is 2.65. The molecule has 0 atom stereocenters. The number of anilines is 2. The van der Waals surface area contributed by atoms with E-state index in [1.165, 1.54) is 19.3 Å². The van der Waals surface area contributed by atoms with Crippen molar-refractivity contribution in [1.82, 2.24) is 19.4 Å². The van der Waals surface area contributed by atoms with Gasteiger partial charge in [0.15, 0.2) is 0 Å². The minimum atomic E-state index is -0.256. The molecule has 4 rings (SSSR count). The van der Waals surface area contributed by atoms with Crippen LogP contribution in [0.1, 0.15) is 17.4 Å². The predicted molar refractivity (Wildman–Crippen MR) is 110 cm³/mol. The van der Waals surface area contributed by atoms with Crippen LogP contribution in [-0.4, -0.2) is 57.4 Å². The zero-order valence-electron chi connectivity index (χ0n) is 16.5. The summed E-state index contributed by atoms with van der Waals surface area (Å²) in [5.74, 6) is -0.0139. The fourth-order valence-corrected chi connectivity index (χ4v) is 3.40. The Morgan fingerprint density at radius 1 is 1.03 bits per heavy atom. The van der Waals surface area contributed by atoms with E-state index in [-0.39, 0.29) is 17.6 Å². The van der Waals surface area contributed by atoms with Crippen LogP contribution in [0.25, 0.3) is 5.82 Å². The van der Waals surface area contributed by atoms with Gasteiger partial charge in [-0.1, -0.05) is 12.1 Å². The van der Waals surface area contributed by atoms with E-state index < -0.39 is 0 Å². The topological polar surface area (TPSA) is 83.4 Å². The second kappa shape index (κ2) is 8.32. The van der Waals surface area contributed by atoms with Gasteiger partial charge in [-0.05, 0) is 24.3 Å². The molecule has 1 fully saturated rings. The van der Waals surface area contributed by atoms with Crippen molar-refractivity contribution in [2.24, 2.45) is 0 Å². The molecule has 2 aromatic heterocycles. The number of piperazine rings is 1. The highest BCUT2D eigenvalue weighted by Crippen LogP contribution is 2.21. The molecule has 0 bridgehead atoms. The molecule has 1 aromatic carbocycles. The zero-order chi connectivity index (χ0) is 21.1. The van der Waals surface area contributed by atoms with Crippen LogP contribution >= 0.6 is 0 Å². The lowest BCUT2D eigenvalue weighted by Gasteiger charge is -2.35. The lowest BCUT2D eigenvalue weighted by atomic mass is 10.2. The van der Waals surface area contributed by atoms with Crippen LogP contribution in [0.2, 0.25) is 0 Å². The number of hydrogen-bond acceptors (Lipinski definition) is 5. The first-order valence-electron chi connectivity index (χ1n) is 9.58. The van der Waals surface area contributed by atoms with Crippen molar-refractivity contribution in [2.45, 2.75) is 6.92 Å². The molecule has 1 aliphatic rings.